The van der Waals surface area contributed by atoms with E-state index >= 15 is 0 Å². The first kappa shape index (κ1) is 14.4. The van der Waals surface area contributed by atoms with E-state index in [1.807, 2.05) is 0 Å². The summed E-state index contributed by atoms with van der Waals surface area (Å²) in [5.41, 5.74) is 0.709. The minimum Gasteiger partial charge on any atom is -0.0654 e. The molecule has 0 amide bonds. The SMILES string of the molecule is CCCCC[C@]1(C)CC[C@@H](C2CCCCC2)CC1. The van der Waals surface area contributed by atoms with Crippen LogP contribution in [0.25, 0.3) is 0 Å². The van der Waals surface area contributed by atoms with Gasteiger partial charge in [-0.05, 0) is 49.4 Å². The Morgan fingerprint density at radius 3 is 2.06 bits per heavy atom. The summed E-state index contributed by atoms with van der Waals surface area (Å²) in [6.45, 7) is 4.89. The van der Waals surface area contributed by atoms with Gasteiger partial charge in [-0.3, -0.25) is 0 Å². The molecule has 0 bridgehead atoms. The summed E-state index contributed by atoms with van der Waals surface area (Å²) in [6, 6.07) is 0. The summed E-state index contributed by atoms with van der Waals surface area (Å²) in [6.07, 6.45) is 19.6. The molecule has 0 aliphatic heterocycles. The van der Waals surface area contributed by atoms with E-state index in [0.29, 0.717) is 5.41 Å². The van der Waals surface area contributed by atoms with Crippen LogP contribution in [0.4, 0.5) is 0 Å². The van der Waals surface area contributed by atoms with E-state index in [2.05, 4.69) is 13.8 Å². The Bertz CT molecular complexity index is 216. The fourth-order valence-electron chi connectivity index (χ4n) is 4.47. The molecule has 0 radical (unpaired) electrons. The first-order valence-corrected chi connectivity index (χ1v) is 8.73. The van der Waals surface area contributed by atoms with Crippen LogP contribution in [0, 0.1) is 17.3 Å². The molecule has 2 aliphatic rings. The Morgan fingerprint density at radius 1 is 0.833 bits per heavy atom. The van der Waals surface area contributed by atoms with E-state index in [0.717, 1.165) is 11.8 Å². The van der Waals surface area contributed by atoms with Crippen molar-refractivity contribution in [1.29, 1.82) is 0 Å². The number of unbranched alkanes of at least 4 members (excludes halogenated alkanes) is 2. The van der Waals surface area contributed by atoms with E-state index < -0.39 is 0 Å². The van der Waals surface area contributed by atoms with Crippen molar-refractivity contribution in [2.45, 2.75) is 97.3 Å². The van der Waals surface area contributed by atoms with Gasteiger partial charge < -0.3 is 0 Å². The van der Waals surface area contributed by atoms with Crippen LogP contribution in [-0.4, -0.2) is 0 Å². The zero-order chi connectivity index (χ0) is 12.8. The second-order valence-electron chi connectivity index (χ2n) is 7.50. The Labute approximate surface area is 115 Å². The first-order chi connectivity index (χ1) is 8.73. The van der Waals surface area contributed by atoms with Crippen molar-refractivity contribution >= 4 is 0 Å². The molecule has 2 rings (SSSR count). The maximum absolute atomic E-state index is 2.57. The fraction of sp³-hybridized carbons (Fsp3) is 1.00. The average Bonchev–Trinajstić information content (AvgIpc) is 2.41. The summed E-state index contributed by atoms with van der Waals surface area (Å²) < 4.78 is 0. The van der Waals surface area contributed by atoms with Gasteiger partial charge in [-0.25, -0.2) is 0 Å². The lowest BCUT2D eigenvalue weighted by Crippen LogP contribution is -2.29. The van der Waals surface area contributed by atoms with Gasteiger partial charge in [-0.15, -0.1) is 0 Å². The molecule has 0 aromatic carbocycles. The van der Waals surface area contributed by atoms with Crippen LogP contribution in [0.2, 0.25) is 0 Å². The van der Waals surface area contributed by atoms with Crippen molar-refractivity contribution in [1.82, 2.24) is 0 Å². The molecule has 0 aromatic heterocycles. The summed E-state index contributed by atoms with van der Waals surface area (Å²) in [5.74, 6) is 2.21. The van der Waals surface area contributed by atoms with Gasteiger partial charge in [0, 0.05) is 0 Å². The van der Waals surface area contributed by atoms with Crippen LogP contribution in [0.15, 0.2) is 0 Å². The lowest BCUT2D eigenvalue weighted by molar-refractivity contribution is 0.105. The Hall–Kier alpha value is 0. The monoisotopic (exact) mass is 250 g/mol. The highest BCUT2D eigenvalue weighted by molar-refractivity contribution is 4.85. The summed E-state index contributed by atoms with van der Waals surface area (Å²) >= 11 is 0. The Balaban J connectivity index is 1.72. The van der Waals surface area contributed by atoms with Crippen molar-refractivity contribution in [3.63, 3.8) is 0 Å². The zero-order valence-electron chi connectivity index (χ0n) is 12.8. The highest BCUT2D eigenvalue weighted by Crippen LogP contribution is 2.46. The molecule has 0 aromatic rings. The predicted molar refractivity (Wildman–Crippen MR) is 80.8 cm³/mol. The summed E-state index contributed by atoms with van der Waals surface area (Å²) in [5, 5.41) is 0. The third-order valence-electron chi connectivity index (χ3n) is 5.94. The maximum atomic E-state index is 2.57. The zero-order valence-corrected chi connectivity index (χ0v) is 12.8. The third kappa shape index (κ3) is 4.00. The van der Waals surface area contributed by atoms with Gasteiger partial charge in [0.2, 0.25) is 0 Å². The van der Waals surface area contributed by atoms with Gasteiger partial charge in [0.15, 0.2) is 0 Å². The molecule has 2 saturated carbocycles. The minimum absolute atomic E-state index is 0.709. The van der Waals surface area contributed by atoms with Crippen LogP contribution < -0.4 is 0 Å². The fourth-order valence-corrected chi connectivity index (χ4v) is 4.47. The molecule has 0 spiro atoms. The average molecular weight is 250 g/mol. The summed E-state index contributed by atoms with van der Waals surface area (Å²) in [4.78, 5) is 0. The first-order valence-electron chi connectivity index (χ1n) is 8.73. The van der Waals surface area contributed by atoms with Crippen molar-refractivity contribution in [3.05, 3.63) is 0 Å². The number of hydrogen-bond acceptors (Lipinski definition) is 0. The molecule has 0 nitrogen and oxygen atoms in total. The molecule has 18 heavy (non-hydrogen) atoms. The molecular formula is C18H34. The van der Waals surface area contributed by atoms with E-state index in [1.165, 1.54) is 57.8 Å². The minimum atomic E-state index is 0.709. The van der Waals surface area contributed by atoms with Crippen molar-refractivity contribution in [2.75, 3.05) is 0 Å². The number of rotatable bonds is 5. The molecular weight excluding hydrogens is 216 g/mol. The van der Waals surface area contributed by atoms with Gasteiger partial charge in [-0.2, -0.15) is 0 Å². The standard InChI is InChI=1S/C18H34/c1-3-4-8-13-18(2)14-11-17(12-15-18)16-9-6-5-7-10-16/h16-17H,3-15H2,1-2H3/t17-,18-. The van der Waals surface area contributed by atoms with E-state index in [4.69, 9.17) is 0 Å². The Kier molecular flexibility index (Phi) is 5.57. The van der Waals surface area contributed by atoms with Gasteiger partial charge in [0.25, 0.3) is 0 Å². The molecule has 0 heterocycles. The lowest BCUT2D eigenvalue weighted by Gasteiger charge is -2.41. The topological polar surface area (TPSA) is 0 Å². The van der Waals surface area contributed by atoms with Crippen LogP contribution in [-0.2, 0) is 0 Å². The van der Waals surface area contributed by atoms with Gasteiger partial charge >= 0.3 is 0 Å². The van der Waals surface area contributed by atoms with Crippen molar-refractivity contribution in [3.8, 4) is 0 Å². The molecule has 2 fully saturated rings. The molecule has 0 saturated heterocycles. The largest absolute Gasteiger partial charge is 0.0654 e. The van der Waals surface area contributed by atoms with Crippen molar-refractivity contribution in [2.24, 2.45) is 17.3 Å². The second kappa shape index (κ2) is 6.96. The molecule has 106 valence electrons. The van der Waals surface area contributed by atoms with E-state index in [9.17, 15) is 0 Å². The molecule has 2 aliphatic carbocycles. The van der Waals surface area contributed by atoms with Crippen molar-refractivity contribution < 1.29 is 0 Å². The lowest BCUT2D eigenvalue weighted by atomic mass is 9.64. The highest BCUT2D eigenvalue weighted by atomic mass is 14.4. The molecule has 0 N–H and O–H groups in total. The van der Waals surface area contributed by atoms with Crippen LogP contribution in [0.5, 0.6) is 0 Å². The van der Waals surface area contributed by atoms with E-state index in [1.54, 1.807) is 25.7 Å². The highest BCUT2D eigenvalue weighted by Gasteiger charge is 2.34. The van der Waals surface area contributed by atoms with E-state index in [-0.39, 0.29) is 0 Å². The quantitative estimate of drug-likeness (QED) is 0.499. The maximum Gasteiger partial charge on any atom is -0.0326 e. The third-order valence-corrected chi connectivity index (χ3v) is 5.94. The molecule has 0 atom stereocenters. The number of hydrogen-bond donors (Lipinski definition) is 0. The van der Waals surface area contributed by atoms with Gasteiger partial charge in [0.05, 0.1) is 0 Å². The van der Waals surface area contributed by atoms with Gasteiger partial charge in [0.1, 0.15) is 0 Å². The van der Waals surface area contributed by atoms with Crippen LogP contribution in [0.3, 0.4) is 0 Å². The smallest absolute Gasteiger partial charge is 0.0326 e. The van der Waals surface area contributed by atoms with Crippen LogP contribution in [0.1, 0.15) is 97.3 Å². The van der Waals surface area contributed by atoms with Gasteiger partial charge in [-0.1, -0.05) is 65.2 Å². The normalized spacial score (nSPS) is 34.7. The second-order valence-corrected chi connectivity index (χ2v) is 7.50. The summed E-state index contributed by atoms with van der Waals surface area (Å²) in [7, 11) is 0. The molecule has 0 unspecified atom stereocenters. The molecule has 0 heteroatoms. The van der Waals surface area contributed by atoms with Crippen LogP contribution >= 0.6 is 0 Å². The predicted octanol–water partition coefficient (Wildman–Crippen LogP) is 6.34. The Morgan fingerprint density at radius 2 is 1.44 bits per heavy atom.